The van der Waals surface area contributed by atoms with Gasteiger partial charge in [-0.1, -0.05) is 55.6 Å². The molecule has 2 aromatic rings. The number of anilines is 1. The van der Waals surface area contributed by atoms with Crippen LogP contribution in [0.15, 0.2) is 42.5 Å². The van der Waals surface area contributed by atoms with Gasteiger partial charge < -0.3 is 25.4 Å². The highest BCUT2D eigenvalue weighted by molar-refractivity contribution is 7.98. The van der Waals surface area contributed by atoms with E-state index in [0.717, 1.165) is 18.4 Å². The number of phenols is 1. The molecule has 0 radical (unpaired) electrons. The lowest BCUT2D eigenvalue weighted by Crippen LogP contribution is -2.52. The number of unbranched alkanes of at least 4 members (excludes halogenated alkanes) is 2. The van der Waals surface area contributed by atoms with E-state index in [4.69, 9.17) is 16.3 Å². The van der Waals surface area contributed by atoms with Crippen molar-refractivity contribution < 1.29 is 24.2 Å². The van der Waals surface area contributed by atoms with Crippen LogP contribution in [0.4, 0.5) is 10.5 Å². The minimum Gasteiger partial charge on any atom is -0.508 e. The molecule has 2 aromatic carbocycles. The summed E-state index contributed by atoms with van der Waals surface area (Å²) in [5.41, 5.74) is 0.914. The Morgan fingerprint density at radius 2 is 1.82 bits per heavy atom. The first kappa shape index (κ1) is 33.3. The molecule has 3 amide bonds. The third-order valence-corrected chi connectivity index (χ3v) is 7.06. The highest BCUT2D eigenvalue weighted by atomic mass is 35.5. The number of halogens is 1. The van der Waals surface area contributed by atoms with Gasteiger partial charge in [-0.05, 0) is 81.9 Å². The van der Waals surface area contributed by atoms with Crippen LogP contribution in [0.1, 0.15) is 70.5 Å². The molecule has 3 N–H and O–H groups in total. The SMILES string of the molecule is CCCCCN(C(=O)C(CCSC)NC(=O)OC(C)(C)C)C(C(=O)Nc1c(C)cccc1Cl)c1cccc(O)c1. The van der Waals surface area contributed by atoms with Crippen molar-refractivity contribution in [3.8, 4) is 5.75 Å². The number of carbonyl (C=O) groups is 3. The minimum atomic E-state index is -1.09. The fourth-order valence-corrected chi connectivity index (χ4v) is 4.93. The van der Waals surface area contributed by atoms with Crippen LogP contribution in [-0.2, 0) is 14.3 Å². The molecular formula is C30H42ClN3O5S. The summed E-state index contributed by atoms with van der Waals surface area (Å²) in [6.45, 7) is 9.41. The van der Waals surface area contributed by atoms with E-state index >= 15 is 0 Å². The summed E-state index contributed by atoms with van der Waals surface area (Å²) >= 11 is 7.96. The summed E-state index contributed by atoms with van der Waals surface area (Å²) in [6, 6.07) is 9.60. The molecule has 0 saturated carbocycles. The number of amides is 3. The highest BCUT2D eigenvalue weighted by Gasteiger charge is 2.36. The molecule has 10 heteroatoms. The third-order valence-electron chi connectivity index (χ3n) is 6.10. The Morgan fingerprint density at radius 1 is 1.12 bits per heavy atom. The van der Waals surface area contributed by atoms with Crippen molar-refractivity contribution in [2.45, 2.75) is 78.0 Å². The molecule has 2 unspecified atom stereocenters. The van der Waals surface area contributed by atoms with Gasteiger partial charge in [-0.15, -0.1) is 0 Å². The van der Waals surface area contributed by atoms with Gasteiger partial charge in [-0.3, -0.25) is 9.59 Å². The Balaban J connectivity index is 2.56. The quantitative estimate of drug-likeness (QED) is 0.224. The van der Waals surface area contributed by atoms with E-state index in [2.05, 4.69) is 17.6 Å². The number of aromatic hydroxyl groups is 1. The number of nitrogens with one attached hydrogen (secondary N) is 2. The number of para-hydroxylation sites is 1. The number of benzene rings is 2. The molecule has 0 heterocycles. The zero-order valence-electron chi connectivity index (χ0n) is 24.3. The number of ether oxygens (including phenoxy) is 1. The van der Waals surface area contributed by atoms with Crippen LogP contribution in [0.2, 0.25) is 5.02 Å². The monoisotopic (exact) mass is 591 g/mol. The Bertz CT molecular complexity index is 1130. The molecule has 0 fully saturated rings. The van der Waals surface area contributed by atoms with E-state index in [1.54, 1.807) is 56.8 Å². The van der Waals surface area contributed by atoms with Crippen molar-refractivity contribution in [1.29, 1.82) is 0 Å². The zero-order valence-corrected chi connectivity index (χ0v) is 25.8. The van der Waals surface area contributed by atoms with E-state index in [-0.39, 0.29) is 12.3 Å². The number of aryl methyl sites for hydroxylation is 1. The Hall–Kier alpha value is -2.91. The number of thioether (sulfide) groups is 1. The summed E-state index contributed by atoms with van der Waals surface area (Å²) < 4.78 is 5.44. The lowest BCUT2D eigenvalue weighted by atomic mass is 10.0. The molecule has 8 nitrogen and oxygen atoms in total. The lowest BCUT2D eigenvalue weighted by Gasteiger charge is -2.35. The summed E-state index contributed by atoms with van der Waals surface area (Å²) in [6.07, 6.45) is 3.97. The second-order valence-electron chi connectivity index (χ2n) is 10.6. The molecule has 2 atom stereocenters. The largest absolute Gasteiger partial charge is 0.508 e. The molecule has 0 saturated heterocycles. The standard InChI is InChI=1S/C30H42ClN3O5S/c1-7-8-9-17-34(28(37)24(16-18-40-6)32-29(38)39-30(3,4)5)26(21-13-11-14-22(35)19-21)27(36)33-25-20(2)12-10-15-23(25)31/h10-15,19,24,26,35H,7-9,16-18H2,1-6H3,(H,32,38)(H,33,36). The maximum Gasteiger partial charge on any atom is 0.408 e. The van der Waals surface area contributed by atoms with E-state index in [1.165, 1.54) is 17.0 Å². The molecule has 0 bridgehead atoms. The van der Waals surface area contributed by atoms with Gasteiger partial charge in [0.15, 0.2) is 0 Å². The number of rotatable bonds is 13. The molecule has 40 heavy (non-hydrogen) atoms. The Morgan fingerprint density at radius 3 is 2.42 bits per heavy atom. The second-order valence-corrected chi connectivity index (χ2v) is 12.0. The molecule has 0 spiro atoms. The van der Waals surface area contributed by atoms with Crippen LogP contribution < -0.4 is 10.6 Å². The van der Waals surface area contributed by atoms with E-state index in [0.29, 0.717) is 34.9 Å². The molecule has 2 rings (SSSR count). The summed E-state index contributed by atoms with van der Waals surface area (Å²) in [7, 11) is 0. The van der Waals surface area contributed by atoms with E-state index in [1.807, 2.05) is 19.2 Å². The first-order valence-electron chi connectivity index (χ1n) is 13.5. The fourth-order valence-electron chi connectivity index (χ4n) is 4.19. The molecule has 0 aliphatic rings. The van der Waals surface area contributed by atoms with Crippen molar-refractivity contribution >= 4 is 47.0 Å². The lowest BCUT2D eigenvalue weighted by molar-refractivity contribution is -0.141. The summed E-state index contributed by atoms with van der Waals surface area (Å²) in [4.78, 5) is 42.4. The van der Waals surface area contributed by atoms with Gasteiger partial charge in [-0.2, -0.15) is 11.8 Å². The van der Waals surface area contributed by atoms with Gasteiger partial charge in [0.1, 0.15) is 23.4 Å². The fraction of sp³-hybridized carbons (Fsp3) is 0.500. The van der Waals surface area contributed by atoms with Crippen LogP contribution in [0, 0.1) is 6.92 Å². The van der Waals surface area contributed by atoms with Crippen LogP contribution in [0.5, 0.6) is 5.75 Å². The molecule has 0 aliphatic carbocycles. The van der Waals surface area contributed by atoms with Crippen molar-refractivity contribution in [1.82, 2.24) is 10.2 Å². The first-order valence-corrected chi connectivity index (χ1v) is 15.3. The predicted octanol–water partition coefficient (Wildman–Crippen LogP) is 6.70. The minimum absolute atomic E-state index is 0.0315. The van der Waals surface area contributed by atoms with Crippen LogP contribution in [0.25, 0.3) is 0 Å². The normalized spacial score (nSPS) is 12.8. The van der Waals surface area contributed by atoms with E-state index < -0.39 is 35.6 Å². The van der Waals surface area contributed by atoms with Gasteiger partial charge in [0.2, 0.25) is 5.91 Å². The van der Waals surface area contributed by atoms with Crippen LogP contribution in [-0.4, -0.2) is 58.1 Å². The Kier molecular flexibility index (Phi) is 13.1. The van der Waals surface area contributed by atoms with Crippen LogP contribution >= 0.6 is 23.4 Å². The molecule has 220 valence electrons. The van der Waals surface area contributed by atoms with Crippen molar-refractivity contribution in [3.05, 3.63) is 58.6 Å². The summed E-state index contributed by atoms with van der Waals surface area (Å²) in [5.74, 6) is -0.310. The van der Waals surface area contributed by atoms with Gasteiger partial charge >= 0.3 is 6.09 Å². The first-order chi connectivity index (χ1) is 18.9. The van der Waals surface area contributed by atoms with Crippen molar-refractivity contribution in [2.24, 2.45) is 0 Å². The maximum atomic E-state index is 14.2. The third kappa shape index (κ3) is 10.2. The number of hydrogen-bond acceptors (Lipinski definition) is 6. The average Bonchev–Trinajstić information content (AvgIpc) is 2.86. The van der Waals surface area contributed by atoms with Gasteiger partial charge in [0.05, 0.1) is 10.7 Å². The number of alkyl carbamates (subject to hydrolysis) is 1. The predicted molar refractivity (Wildman–Crippen MR) is 163 cm³/mol. The second kappa shape index (κ2) is 15.8. The topological polar surface area (TPSA) is 108 Å². The maximum absolute atomic E-state index is 14.2. The number of nitrogens with zero attached hydrogens (tertiary/aromatic N) is 1. The smallest absolute Gasteiger partial charge is 0.408 e. The van der Waals surface area contributed by atoms with Crippen molar-refractivity contribution in [2.75, 3.05) is 23.9 Å². The molecule has 0 aliphatic heterocycles. The Labute approximate surface area is 247 Å². The van der Waals surface area contributed by atoms with Gasteiger partial charge in [0.25, 0.3) is 5.91 Å². The van der Waals surface area contributed by atoms with Gasteiger partial charge in [0, 0.05) is 6.54 Å². The molecular weight excluding hydrogens is 550 g/mol. The number of carbonyl (C=O) groups excluding carboxylic acids is 3. The number of phenolic OH excluding ortho intramolecular Hbond substituents is 1. The molecule has 0 aromatic heterocycles. The number of hydrogen-bond donors (Lipinski definition) is 3. The van der Waals surface area contributed by atoms with E-state index in [9.17, 15) is 19.5 Å². The van der Waals surface area contributed by atoms with Crippen molar-refractivity contribution in [3.63, 3.8) is 0 Å². The summed E-state index contributed by atoms with van der Waals surface area (Å²) in [5, 5.41) is 16.3. The van der Waals surface area contributed by atoms with Crippen LogP contribution in [0.3, 0.4) is 0 Å². The average molecular weight is 592 g/mol. The highest BCUT2D eigenvalue weighted by Crippen LogP contribution is 2.31. The van der Waals surface area contributed by atoms with Gasteiger partial charge in [-0.25, -0.2) is 4.79 Å². The zero-order chi connectivity index (χ0) is 29.9.